The van der Waals surface area contributed by atoms with Crippen LogP contribution in [0.15, 0.2) is 24.4 Å². The van der Waals surface area contributed by atoms with Crippen molar-refractivity contribution in [3.05, 3.63) is 30.1 Å². The van der Waals surface area contributed by atoms with Crippen LogP contribution in [0.4, 0.5) is 0 Å². The van der Waals surface area contributed by atoms with Crippen molar-refractivity contribution in [2.24, 2.45) is 0 Å². The summed E-state index contributed by atoms with van der Waals surface area (Å²) in [5.74, 6) is 2.41. The Balaban J connectivity index is 1.36. The van der Waals surface area contributed by atoms with Gasteiger partial charge in [0.25, 0.3) is 0 Å². The zero-order valence-corrected chi connectivity index (χ0v) is 14.4. The molecular formula is C17H26N4OS. The molecule has 2 aliphatic rings. The van der Waals surface area contributed by atoms with Crippen molar-refractivity contribution in [1.82, 2.24) is 20.5 Å². The molecule has 0 bridgehead atoms. The first-order valence-electron chi connectivity index (χ1n) is 8.52. The highest BCUT2D eigenvalue weighted by Crippen LogP contribution is 2.14. The fourth-order valence-corrected chi connectivity index (χ4v) is 4.17. The molecule has 1 aromatic heterocycles. The van der Waals surface area contributed by atoms with E-state index in [0.29, 0.717) is 18.5 Å². The fraction of sp³-hybridized carbons (Fsp3) is 0.647. The molecule has 2 aliphatic heterocycles. The van der Waals surface area contributed by atoms with Gasteiger partial charge in [0.2, 0.25) is 5.91 Å². The van der Waals surface area contributed by atoms with Gasteiger partial charge in [-0.05, 0) is 25.0 Å². The SMILES string of the molecule is O=C(CC1CSCCN1)NC1CCN(Cc2ccccn2)CC1. The summed E-state index contributed by atoms with van der Waals surface area (Å²) in [7, 11) is 0. The Morgan fingerprint density at radius 1 is 1.39 bits per heavy atom. The molecule has 6 heteroatoms. The van der Waals surface area contributed by atoms with Crippen molar-refractivity contribution < 1.29 is 4.79 Å². The van der Waals surface area contributed by atoms with Gasteiger partial charge >= 0.3 is 0 Å². The third-order valence-corrected chi connectivity index (χ3v) is 5.63. The number of thioether (sulfide) groups is 1. The van der Waals surface area contributed by atoms with Crippen LogP contribution in [0.2, 0.25) is 0 Å². The molecule has 2 N–H and O–H groups in total. The highest BCUT2D eigenvalue weighted by atomic mass is 32.2. The van der Waals surface area contributed by atoms with E-state index in [2.05, 4.69) is 26.6 Å². The second-order valence-electron chi connectivity index (χ2n) is 6.37. The fourth-order valence-electron chi connectivity index (χ4n) is 3.22. The number of rotatable bonds is 5. The van der Waals surface area contributed by atoms with Crippen LogP contribution in [0, 0.1) is 0 Å². The molecule has 2 saturated heterocycles. The van der Waals surface area contributed by atoms with Gasteiger partial charge < -0.3 is 10.6 Å². The third-order valence-electron chi connectivity index (χ3n) is 4.49. The van der Waals surface area contributed by atoms with Gasteiger partial charge in [-0.1, -0.05) is 6.07 Å². The molecule has 0 radical (unpaired) electrons. The smallest absolute Gasteiger partial charge is 0.221 e. The van der Waals surface area contributed by atoms with Gasteiger partial charge in [0.1, 0.15) is 0 Å². The van der Waals surface area contributed by atoms with Crippen molar-refractivity contribution in [3.63, 3.8) is 0 Å². The van der Waals surface area contributed by atoms with E-state index in [1.54, 1.807) is 0 Å². The first kappa shape index (κ1) is 16.7. The van der Waals surface area contributed by atoms with E-state index in [1.807, 2.05) is 30.1 Å². The molecule has 0 aliphatic carbocycles. The van der Waals surface area contributed by atoms with Crippen LogP contribution in [0.25, 0.3) is 0 Å². The van der Waals surface area contributed by atoms with Gasteiger partial charge in [-0.15, -0.1) is 0 Å². The maximum absolute atomic E-state index is 12.2. The number of aromatic nitrogens is 1. The van der Waals surface area contributed by atoms with E-state index in [1.165, 1.54) is 0 Å². The first-order valence-corrected chi connectivity index (χ1v) is 9.68. The Labute approximate surface area is 142 Å². The van der Waals surface area contributed by atoms with E-state index >= 15 is 0 Å². The topological polar surface area (TPSA) is 57.3 Å². The Morgan fingerprint density at radius 3 is 2.96 bits per heavy atom. The summed E-state index contributed by atoms with van der Waals surface area (Å²) in [6.07, 6.45) is 4.53. The molecule has 1 aromatic rings. The van der Waals surface area contributed by atoms with Crippen LogP contribution in [0.1, 0.15) is 25.0 Å². The Kier molecular flexibility index (Phi) is 6.30. The van der Waals surface area contributed by atoms with Crippen molar-refractivity contribution >= 4 is 17.7 Å². The van der Waals surface area contributed by atoms with Crippen LogP contribution in [-0.2, 0) is 11.3 Å². The normalized spacial score (nSPS) is 23.6. The van der Waals surface area contributed by atoms with Gasteiger partial charge in [-0.3, -0.25) is 14.7 Å². The van der Waals surface area contributed by atoms with Crippen LogP contribution >= 0.6 is 11.8 Å². The maximum Gasteiger partial charge on any atom is 0.221 e. The number of carbonyl (C=O) groups is 1. The van der Waals surface area contributed by atoms with Crippen LogP contribution in [-0.4, -0.2) is 59.0 Å². The number of pyridine rings is 1. The summed E-state index contributed by atoms with van der Waals surface area (Å²) in [6.45, 7) is 3.98. The first-order chi connectivity index (χ1) is 11.3. The number of piperidine rings is 1. The zero-order valence-electron chi connectivity index (χ0n) is 13.5. The molecule has 23 heavy (non-hydrogen) atoms. The Morgan fingerprint density at radius 2 is 2.26 bits per heavy atom. The van der Waals surface area contributed by atoms with Crippen molar-refractivity contribution in [2.75, 3.05) is 31.1 Å². The molecule has 0 saturated carbocycles. The molecule has 0 aromatic carbocycles. The monoisotopic (exact) mass is 334 g/mol. The lowest BCUT2D eigenvalue weighted by Crippen LogP contribution is -2.47. The highest BCUT2D eigenvalue weighted by Gasteiger charge is 2.23. The molecule has 126 valence electrons. The minimum atomic E-state index is 0.202. The summed E-state index contributed by atoms with van der Waals surface area (Å²) in [5.41, 5.74) is 1.12. The summed E-state index contributed by atoms with van der Waals surface area (Å²) in [5, 5.41) is 6.64. The highest BCUT2D eigenvalue weighted by molar-refractivity contribution is 7.99. The average molecular weight is 334 g/mol. The Bertz CT molecular complexity index is 485. The summed E-state index contributed by atoms with van der Waals surface area (Å²) < 4.78 is 0. The van der Waals surface area contributed by atoms with Crippen molar-refractivity contribution in [3.8, 4) is 0 Å². The van der Waals surface area contributed by atoms with Gasteiger partial charge in [0.05, 0.1) is 5.69 Å². The number of nitrogens with zero attached hydrogens (tertiary/aromatic N) is 2. The molecule has 1 amide bonds. The van der Waals surface area contributed by atoms with E-state index in [0.717, 1.165) is 56.2 Å². The van der Waals surface area contributed by atoms with Crippen LogP contribution < -0.4 is 10.6 Å². The summed E-state index contributed by atoms with van der Waals surface area (Å²) in [4.78, 5) is 19.0. The molecule has 3 heterocycles. The molecule has 2 fully saturated rings. The average Bonchev–Trinajstić information content (AvgIpc) is 2.58. The standard InChI is InChI=1S/C17H26N4OS/c22-17(11-16-13-23-10-7-19-16)20-14-4-8-21(9-5-14)12-15-3-1-2-6-18-15/h1-3,6,14,16,19H,4-5,7-13H2,(H,20,22). The van der Waals surface area contributed by atoms with Crippen molar-refractivity contribution in [2.45, 2.75) is 37.9 Å². The quantitative estimate of drug-likeness (QED) is 0.849. The van der Waals surface area contributed by atoms with Gasteiger partial charge in [0.15, 0.2) is 0 Å². The van der Waals surface area contributed by atoms with Gasteiger partial charge in [0, 0.05) is 62.4 Å². The predicted molar refractivity (Wildman–Crippen MR) is 94.4 cm³/mol. The van der Waals surface area contributed by atoms with Gasteiger partial charge in [-0.2, -0.15) is 11.8 Å². The number of hydrogen-bond acceptors (Lipinski definition) is 5. The molecule has 3 rings (SSSR count). The van der Waals surface area contributed by atoms with E-state index in [-0.39, 0.29) is 5.91 Å². The van der Waals surface area contributed by atoms with Gasteiger partial charge in [-0.25, -0.2) is 0 Å². The van der Waals surface area contributed by atoms with E-state index in [9.17, 15) is 4.79 Å². The molecular weight excluding hydrogens is 308 g/mol. The lowest BCUT2D eigenvalue weighted by molar-refractivity contribution is -0.122. The molecule has 0 spiro atoms. The number of hydrogen-bond donors (Lipinski definition) is 2. The molecule has 1 atom stereocenters. The Hall–Kier alpha value is -1.11. The maximum atomic E-state index is 12.2. The number of amides is 1. The molecule has 5 nitrogen and oxygen atoms in total. The minimum Gasteiger partial charge on any atom is -0.353 e. The van der Waals surface area contributed by atoms with E-state index in [4.69, 9.17) is 0 Å². The largest absolute Gasteiger partial charge is 0.353 e. The van der Waals surface area contributed by atoms with Crippen molar-refractivity contribution in [1.29, 1.82) is 0 Å². The second-order valence-corrected chi connectivity index (χ2v) is 7.52. The predicted octanol–water partition coefficient (Wildman–Crippen LogP) is 1.26. The zero-order chi connectivity index (χ0) is 15.9. The minimum absolute atomic E-state index is 0.202. The summed E-state index contributed by atoms with van der Waals surface area (Å²) >= 11 is 1.94. The lowest BCUT2D eigenvalue weighted by atomic mass is 10.0. The summed E-state index contributed by atoms with van der Waals surface area (Å²) in [6, 6.07) is 6.73. The molecule has 1 unspecified atom stereocenters. The van der Waals surface area contributed by atoms with Crippen LogP contribution in [0.3, 0.4) is 0 Å². The second kappa shape index (κ2) is 8.66. The number of likely N-dealkylation sites (tertiary alicyclic amines) is 1. The number of carbonyl (C=O) groups excluding carboxylic acids is 1. The third kappa shape index (κ3) is 5.48. The lowest BCUT2D eigenvalue weighted by Gasteiger charge is -2.32. The van der Waals surface area contributed by atoms with E-state index < -0.39 is 0 Å². The number of nitrogens with one attached hydrogen (secondary N) is 2. The van der Waals surface area contributed by atoms with Crippen LogP contribution in [0.5, 0.6) is 0 Å².